The highest BCUT2D eigenvalue weighted by Gasteiger charge is 2.23. The van der Waals surface area contributed by atoms with Gasteiger partial charge >= 0.3 is 0 Å². The third-order valence-corrected chi connectivity index (χ3v) is 20.3. The normalized spacial score (nSPS) is 23.4. The third-order valence-electron chi connectivity index (χ3n) is 20.3. The molecule has 1 saturated carbocycles. The van der Waals surface area contributed by atoms with E-state index in [0.717, 1.165) is 126 Å². The fourth-order valence-electron chi connectivity index (χ4n) is 10.6. The minimum Gasteiger partial charge on any atom is -0.449 e. The standard InChI is InChI=1S/C8H17N.C7H14N2O.C7H15N.C7H16.C6H14N2.C6H11NO2.C6H13NO.C6H12O.C6H12.C6H14.C5H11NO.C5H12O.C5H12/c1-7-5-4-6-8(2)9(7)3;1-7(10)9-5-3-8(2)4-6-9;1-7-3-5-8(2)6-4-7;1-5-7(4)6(2)3;1-7-3-5-8(2)6-4-7;1-7-4-2-3-6(7)9-5-8;1-7-4-2-3-6(7)5-8;1-4-5(2)6(3)7;1-2-3-6-4-5-6;1-4-5-6(2)3;1-6-3-2-5(7)4-6;1-3-5(2)4-6;1-3-5-4-2/h7-8H,4-6H2,1-3H3;3-6H2,1-2H3;7H,3-6H2,1-2H3;6-7H,5H2,1-4H3;3-6H2,1-2H3;5-6H,2-4H2,1H3;6,8H,2-5H2,1H3;5H,4H2,1-3H3;6H,2-5H2,1H3;6H,4-5H2,1-3H3;5,7H,2-4H2,1H3;5-6H,3-4H2,1-2H3;3-5H2,1-2H3. The van der Waals surface area contributed by atoms with E-state index >= 15 is 0 Å². The number of β-amino-alcohol motifs (C(OH)–C–C–N with tert-alkyl or cyclic N) is 1. The van der Waals surface area contributed by atoms with E-state index in [4.69, 9.17) is 20.1 Å². The van der Waals surface area contributed by atoms with Crippen molar-refractivity contribution in [1.82, 2.24) is 44.1 Å². The zero-order chi connectivity index (χ0) is 74.6. The Balaban J connectivity index is -0.000000313. The van der Waals surface area contributed by atoms with Gasteiger partial charge in [-0.3, -0.25) is 19.3 Å². The number of likely N-dealkylation sites (tertiary alicyclic amines) is 5. The maximum absolute atomic E-state index is 10.8. The highest BCUT2D eigenvalue weighted by Crippen LogP contribution is 2.33. The van der Waals surface area contributed by atoms with Crippen LogP contribution < -0.4 is 0 Å². The second-order valence-electron chi connectivity index (χ2n) is 30.7. The smallest absolute Gasteiger partial charge is 0.294 e. The summed E-state index contributed by atoms with van der Waals surface area (Å²) in [5, 5.41) is 25.9. The lowest BCUT2D eigenvalue weighted by Crippen LogP contribution is -2.46. The first-order valence-electron chi connectivity index (χ1n) is 39.6. The van der Waals surface area contributed by atoms with E-state index in [-0.39, 0.29) is 24.2 Å². The van der Waals surface area contributed by atoms with Gasteiger partial charge in [-0.05, 0) is 197 Å². The number of carbonyl (C=O) groups is 3. The van der Waals surface area contributed by atoms with E-state index in [0.29, 0.717) is 37.4 Å². The molecule has 0 radical (unpaired) electrons. The SMILES string of the molecule is CC(=O)N1CCN(C)CC1.CC1CCCC(C)N1C.CC1CCN(C)CC1.CCC(C)C(C)=O.CCC(C)C(C)C.CCC(C)CO.CCCC(C)C.CCCC1CC1.CCCCC.CN1CCC(O)C1.CN1CCCC1CO.CN1CCCC1OC=O.CN1CCN(C)CC1. The maximum Gasteiger partial charge on any atom is 0.294 e. The first kappa shape index (κ1) is 103. The van der Waals surface area contributed by atoms with Gasteiger partial charge in [0.2, 0.25) is 5.91 Å². The Bertz CT molecular complexity index is 1580. The van der Waals surface area contributed by atoms with Gasteiger partial charge in [0.05, 0.1) is 12.7 Å². The number of Topliss-reactive ketones (excluding diaryl/α,β-unsaturated/α-hetero) is 1. The van der Waals surface area contributed by atoms with Crippen LogP contribution in [0, 0.1) is 41.4 Å². The number of ether oxygens (including phenoxy) is 1. The molecule has 96 heavy (non-hydrogen) atoms. The van der Waals surface area contributed by atoms with Gasteiger partial charge in [-0.2, -0.15) is 0 Å². The summed E-state index contributed by atoms with van der Waals surface area (Å²) < 4.78 is 4.76. The van der Waals surface area contributed by atoms with Crippen molar-refractivity contribution in [3.63, 3.8) is 0 Å². The summed E-state index contributed by atoms with van der Waals surface area (Å²) in [6.07, 6.45) is 28.6. The second-order valence-corrected chi connectivity index (χ2v) is 30.7. The molecule has 16 nitrogen and oxygen atoms in total. The lowest BCUT2D eigenvalue weighted by molar-refractivity contribution is -0.139. The van der Waals surface area contributed by atoms with Crippen LogP contribution in [0.3, 0.4) is 0 Å². The van der Waals surface area contributed by atoms with E-state index in [9.17, 15) is 14.4 Å². The summed E-state index contributed by atoms with van der Waals surface area (Å²) in [7, 11) is 16.9. The van der Waals surface area contributed by atoms with Gasteiger partial charge in [0.15, 0.2) is 6.23 Å². The average Bonchev–Trinajstić information content (AvgIpc) is 4.19. The fourth-order valence-corrected chi connectivity index (χ4v) is 10.6. The summed E-state index contributed by atoms with van der Waals surface area (Å²) in [5.41, 5.74) is 0. The number of amides is 1. The minimum absolute atomic E-state index is 0.0440. The Labute approximate surface area is 599 Å². The third kappa shape index (κ3) is 66.7. The summed E-state index contributed by atoms with van der Waals surface area (Å²) in [6.45, 7) is 57.5. The number of aliphatic hydroxyl groups excluding tert-OH is 3. The molecular weight excluding hydrogens is 1200 g/mol. The van der Waals surface area contributed by atoms with Crippen molar-refractivity contribution in [2.45, 2.75) is 303 Å². The number of unbranched alkanes of at least 4 members (excludes halogenated alkanes) is 2. The molecule has 8 unspecified atom stereocenters. The number of hydrogen-bond acceptors (Lipinski definition) is 15. The van der Waals surface area contributed by atoms with Gasteiger partial charge in [-0.1, -0.05) is 181 Å². The molecule has 1 aliphatic carbocycles. The molecule has 0 bridgehead atoms. The van der Waals surface area contributed by atoms with Gasteiger partial charge in [-0.15, -0.1) is 0 Å². The molecule has 8 aliphatic rings. The van der Waals surface area contributed by atoms with E-state index in [2.05, 4.69) is 174 Å². The monoisotopic (exact) mass is 1370 g/mol. The van der Waals surface area contributed by atoms with Crippen LogP contribution in [0.25, 0.3) is 0 Å². The molecule has 8 fully saturated rings. The van der Waals surface area contributed by atoms with Crippen molar-refractivity contribution in [1.29, 1.82) is 0 Å². The molecule has 1 amide bonds. The quantitative estimate of drug-likeness (QED) is 0.133. The average molecular weight is 1370 g/mol. The van der Waals surface area contributed by atoms with Crippen molar-refractivity contribution in [3.05, 3.63) is 0 Å². The molecule has 0 spiro atoms. The van der Waals surface area contributed by atoms with Crippen LogP contribution in [0.5, 0.6) is 0 Å². The van der Waals surface area contributed by atoms with Gasteiger partial charge < -0.3 is 59.3 Å². The van der Waals surface area contributed by atoms with Crippen LogP contribution >= 0.6 is 0 Å². The Morgan fingerprint density at radius 3 is 1.19 bits per heavy atom. The predicted molar refractivity (Wildman–Crippen MR) is 418 cm³/mol. The molecule has 7 aliphatic heterocycles. The highest BCUT2D eigenvalue weighted by molar-refractivity contribution is 5.77. The Kier molecular flexibility index (Phi) is 73.8. The van der Waals surface area contributed by atoms with E-state index in [1.807, 2.05) is 44.7 Å². The van der Waals surface area contributed by atoms with Crippen molar-refractivity contribution >= 4 is 18.2 Å². The molecule has 8 rings (SSSR count). The molecule has 0 aromatic heterocycles. The number of likely N-dealkylation sites (N-methyl/N-ethyl adjacent to an activating group) is 5. The van der Waals surface area contributed by atoms with Crippen LogP contribution in [-0.4, -0.2) is 269 Å². The fraction of sp³-hybridized carbons (Fsp3) is 0.963. The Morgan fingerprint density at radius 2 is 0.990 bits per heavy atom. The van der Waals surface area contributed by atoms with Crippen molar-refractivity contribution in [3.8, 4) is 0 Å². The molecule has 16 heteroatoms. The van der Waals surface area contributed by atoms with Crippen LogP contribution in [0.15, 0.2) is 0 Å². The van der Waals surface area contributed by atoms with E-state index in [1.165, 1.54) is 148 Å². The van der Waals surface area contributed by atoms with Crippen molar-refractivity contribution in [2.75, 3.05) is 161 Å². The predicted octanol–water partition coefficient (Wildman–Crippen LogP) is 15.0. The molecular formula is C80H173N9O7. The largest absolute Gasteiger partial charge is 0.449 e. The van der Waals surface area contributed by atoms with Crippen LogP contribution in [0.2, 0.25) is 0 Å². The van der Waals surface area contributed by atoms with Crippen molar-refractivity contribution in [2.24, 2.45) is 41.4 Å². The second kappa shape index (κ2) is 68.9. The number of piperazine rings is 2. The number of ketones is 1. The maximum atomic E-state index is 10.8. The number of hydrogen-bond donors (Lipinski definition) is 3. The van der Waals surface area contributed by atoms with Crippen LogP contribution in [0.1, 0.15) is 273 Å². The summed E-state index contributed by atoms with van der Waals surface area (Å²) in [5.74, 6) is 6.04. The van der Waals surface area contributed by atoms with Crippen molar-refractivity contribution < 1.29 is 34.4 Å². The molecule has 3 N–H and O–H groups in total. The summed E-state index contributed by atoms with van der Waals surface area (Å²) in [6, 6.07) is 2.08. The topological polar surface area (TPSA) is 150 Å². The zero-order valence-corrected chi connectivity index (χ0v) is 69.4. The summed E-state index contributed by atoms with van der Waals surface area (Å²) >= 11 is 0. The number of carbonyl (C=O) groups excluding carboxylic acids is 3. The van der Waals surface area contributed by atoms with Crippen LogP contribution in [0.4, 0.5) is 0 Å². The molecule has 580 valence electrons. The number of nitrogens with zero attached hydrogens (tertiary/aromatic N) is 9. The minimum atomic E-state index is -0.0509. The first-order valence-corrected chi connectivity index (χ1v) is 39.6. The van der Waals surface area contributed by atoms with E-state index < -0.39 is 0 Å². The highest BCUT2D eigenvalue weighted by atomic mass is 16.5. The molecule has 7 heterocycles. The summed E-state index contributed by atoms with van der Waals surface area (Å²) in [4.78, 5) is 51.1. The molecule has 8 atom stereocenters. The Morgan fingerprint density at radius 1 is 0.521 bits per heavy atom. The number of rotatable bonds is 15. The zero-order valence-electron chi connectivity index (χ0n) is 69.4. The van der Waals surface area contributed by atoms with E-state index in [1.54, 1.807) is 13.8 Å². The molecule has 0 aromatic rings. The lowest BCUT2D eigenvalue weighted by Gasteiger charge is -2.35. The lowest BCUT2D eigenvalue weighted by atomic mass is 9.96. The first-order chi connectivity index (χ1) is 45.2. The number of aliphatic hydroxyl groups is 3. The number of piperidine rings is 2. The molecule has 7 saturated heterocycles. The Hall–Kier alpha value is -1.83. The van der Waals surface area contributed by atoms with Gasteiger partial charge in [0, 0.05) is 110 Å². The van der Waals surface area contributed by atoms with Gasteiger partial charge in [0.25, 0.3) is 6.47 Å². The van der Waals surface area contributed by atoms with Crippen LogP contribution in [-0.2, 0) is 19.1 Å². The van der Waals surface area contributed by atoms with Gasteiger partial charge in [-0.25, -0.2) is 0 Å². The molecule has 0 aromatic carbocycles. The van der Waals surface area contributed by atoms with Gasteiger partial charge in [0.1, 0.15) is 5.78 Å².